The van der Waals surface area contributed by atoms with Crippen molar-refractivity contribution in [1.82, 2.24) is 9.88 Å². The zero-order valence-electron chi connectivity index (χ0n) is 22.9. The Labute approximate surface area is 234 Å². The van der Waals surface area contributed by atoms with E-state index >= 15 is 0 Å². The van der Waals surface area contributed by atoms with Gasteiger partial charge in [-0.3, -0.25) is 4.98 Å². The Balaban J connectivity index is 1.77. The van der Waals surface area contributed by atoms with Gasteiger partial charge < -0.3 is 23.8 Å². The van der Waals surface area contributed by atoms with Gasteiger partial charge in [-0.05, 0) is 70.0 Å². The van der Waals surface area contributed by atoms with Gasteiger partial charge in [0.15, 0.2) is 0 Å². The molecule has 1 amide bonds. The van der Waals surface area contributed by atoms with Crippen molar-refractivity contribution in [3.8, 4) is 16.9 Å². The van der Waals surface area contributed by atoms with Gasteiger partial charge in [0.25, 0.3) is 0 Å². The van der Waals surface area contributed by atoms with Crippen LogP contribution in [0.2, 0.25) is 5.02 Å². The van der Waals surface area contributed by atoms with Crippen LogP contribution in [0, 0.1) is 13.8 Å². The second-order valence-corrected chi connectivity index (χ2v) is 10.4. The van der Waals surface area contributed by atoms with E-state index in [1.807, 2.05) is 6.92 Å². The molecule has 0 saturated carbocycles. The molecule has 40 heavy (non-hydrogen) atoms. The van der Waals surface area contributed by atoms with Crippen molar-refractivity contribution in [2.45, 2.75) is 46.4 Å². The average Bonchev–Trinajstić information content (AvgIpc) is 2.83. The molecule has 0 saturated heterocycles. The lowest BCUT2D eigenvalue weighted by atomic mass is 9.98. The van der Waals surface area contributed by atoms with E-state index < -0.39 is 36.4 Å². The molecular formula is C28H30ClF3N2O6. The minimum Gasteiger partial charge on any atom is -0.456 e. The van der Waals surface area contributed by atoms with Crippen LogP contribution in [-0.4, -0.2) is 54.7 Å². The summed E-state index contributed by atoms with van der Waals surface area (Å²) in [4.78, 5) is 30.0. The summed E-state index contributed by atoms with van der Waals surface area (Å²) in [6.45, 7) is 8.04. The SMILES string of the molecule is Cc1cc2nc(C)c(-c3ccc(C(F)(F)F)cc3)c(OCOC(=O)OCCN(C)C(=O)OC(C)(C)C)c2cc1Cl. The monoisotopic (exact) mass is 582 g/mol. The summed E-state index contributed by atoms with van der Waals surface area (Å²) in [7, 11) is 1.50. The first-order valence-corrected chi connectivity index (χ1v) is 12.6. The topological polar surface area (TPSA) is 87.2 Å². The van der Waals surface area contributed by atoms with Crippen molar-refractivity contribution < 1.29 is 41.7 Å². The van der Waals surface area contributed by atoms with Crippen molar-refractivity contribution in [2.24, 2.45) is 0 Å². The molecule has 12 heteroatoms. The van der Waals surface area contributed by atoms with E-state index in [9.17, 15) is 22.8 Å². The van der Waals surface area contributed by atoms with Gasteiger partial charge in [-0.25, -0.2) is 9.59 Å². The number of amides is 1. The minimum atomic E-state index is -4.49. The fourth-order valence-electron chi connectivity index (χ4n) is 3.67. The maximum atomic E-state index is 13.1. The molecule has 1 heterocycles. The highest BCUT2D eigenvalue weighted by Crippen LogP contribution is 2.41. The predicted molar refractivity (Wildman–Crippen MR) is 143 cm³/mol. The van der Waals surface area contributed by atoms with Gasteiger partial charge in [0, 0.05) is 28.7 Å². The highest BCUT2D eigenvalue weighted by Gasteiger charge is 2.30. The van der Waals surface area contributed by atoms with Crippen LogP contribution < -0.4 is 4.74 Å². The molecule has 0 aliphatic rings. The van der Waals surface area contributed by atoms with Crippen LogP contribution in [0.15, 0.2) is 36.4 Å². The van der Waals surface area contributed by atoms with Crippen LogP contribution in [0.4, 0.5) is 22.8 Å². The highest BCUT2D eigenvalue weighted by molar-refractivity contribution is 6.32. The van der Waals surface area contributed by atoms with Crippen LogP contribution in [-0.2, 0) is 20.4 Å². The number of ether oxygens (including phenoxy) is 4. The van der Waals surface area contributed by atoms with Gasteiger partial charge >= 0.3 is 18.4 Å². The molecule has 3 rings (SSSR count). The van der Waals surface area contributed by atoms with E-state index in [0.717, 1.165) is 17.7 Å². The van der Waals surface area contributed by atoms with Crippen LogP contribution in [0.1, 0.15) is 37.6 Å². The Bertz CT molecular complexity index is 1390. The zero-order chi connectivity index (χ0) is 29.8. The summed E-state index contributed by atoms with van der Waals surface area (Å²) in [5.41, 5.74) is 1.16. The van der Waals surface area contributed by atoms with E-state index in [0.29, 0.717) is 32.7 Å². The summed E-state index contributed by atoms with van der Waals surface area (Å²) in [6.07, 6.45) is -6.11. The third-order valence-electron chi connectivity index (χ3n) is 5.63. The lowest BCUT2D eigenvalue weighted by molar-refractivity contribution is -0.137. The molecular weight excluding hydrogens is 553 g/mol. The predicted octanol–water partition coefficient (Wildman–Crippen LogP) is 7.55. The highest BCUT2D eigenvalue weighted by atomic mass is 35.5. The first-order valence-electron chi connectivity index (χ1n) is 12.2. The fourth-order valence-corrected chi connectivity index (χ4v) is 3.83. The summed E-state index contributed by atoms with van der Waals surface area (Å²) < 4.78 is 60.5. The number of halogens is 4. The van der Waals surface area contributed by atoms with E-state index in [4.69, 9.17) is 30.5 Å². The lowest BCUT2D eigenvalue weighted by Gasteiger charge is -2.24. The van der Waals surface area contributed by atoms with E-state index in [1.54, 1.807) is 39.8 Å². The van der Waals surface area contributed by atoms with E-state index in [1.165, 1.54) is 24.1 Å². The molecule has 0 N–H and O–H groups in total. The number of carbonyl (C=O) groups is 2. The fraction of sp³-hybridized carbons (Fsp3) is 0.393. The Morgan fingerprint density at radius 3 is 2.27 bits per heavy atom. The first-order chi connectivity index (χ1) is 18.6. The number of pyridine rings is 1. The smallest absolute Gasteiger partial charge is 0.456 e. The van der Waals surface area contributed by atoms with E-state index in [-0.39, 0.29) is 18.9 Å². The normalized spacial score (nSPS) is 11.8. The average molecular weight is 583 g/mol. The number of alkyl halides is 3. The van der Waals surface area contributed by atoms with Crippen molar-refractivity contribution in [1.29, 1.82) is 0 Å². The Morgan fingerprint density at radius 2 is 1.68 bits per heavy atom. The second-order valence-electron chi connectivity index (χ2n) is 10.0. The number of likely N-dealkylation sites (N-methyl/N-ethyl adjacent to an activating group) is 1. The van der Waals surface area contributed by atoms with Crippen molar-refractivity contribution in [3.05, 3.63) is 58.2 Å². The molecule has 0 fully saturated rings. The van der Waals surface area contributed by atoms with Gasteiger partial charge in [0.05, 0.1) is 17.6 Å². The van der Waals surface area contributed by atoms with Crippen LogP contribution in [0.3, 0.4) is 0 Å². The molecule has 216 valence electrons. The van der Waals surface area contributed by atoms with Gasteiger partial charge in [-0.1, -0.05) is 23.7 Å². The molecule has 8 nitrogen and oxygen atoms in total. The number of hydrogen-bond donors (Lipinski definition) is 0. The molecule has 0 unspecified atom stereocenters. The van der Waals surface area contributed by atoms with Crippen molar-refractivity contribution in [3.63, 3.8) is 0 Å². The first kappa shape index (κ1) is 30.8. The number of rotatable bonds is 7. The number of fused-ring (bicyclic) bond motifs is 1. The summed E-state index contributed by atoms with van der Waals surface area (Å²) >= 11 is 6.34. The number of hydrogen-bond acceptors (Lipinski definition) is 7. The molecule has 3 aromatic rings. The Morgan fingerprint density at radius 1 is 1.02 bits per heavy atom. The molecule has 0 radical (unpaired) electrons. The maximum absolute atomic E-state index is 13.1. The van der Waals surface area contributed by atoms with Crippen molar-refractivity contribution in [2.75, 3.05) is 27.0 Å². The third kappa shape index (κ3) is 7.91. The maximum Gasteiger partial charge on any atom is 0.511 e. The number of nitrogens with zero attached hydrogens (tertiary/aromatic N) is 2. The molecule has 0 atom stereocenters. The van der Waals surface area contributed by atoms with Gasteiger partial charge in [-0.2, -0.15) is 13.2 Å². The molecule has 2 aromatic carbocycles. The van der Waals surface area contributed by atoms with Crippen LogP contribution in [0.25, 0.3) is 22.0 Å². The standard InChI is InChI=1S/C28H30ClF3N2O6/c1-16-13-22-20(14-21(16)29)24(23(17(2)33-22)18-7-9-19(10-8-18)28(30,31)32)38-15-39-26(36)37-12-11-34(6)25(35)40-27(3,4)5/h7-10,13-14H,11-12,15H2,1-6H3. The van der Waals surface area contributed by atoms with Gasteiger partial charge in [-0.15, -0.1) is 0 Å². The molecule has 1 aromatic heterocycles. The van der Waals surface area contributed by atoms with Gasteiger partial charge in [0.2, 0.25) is 6.79 Å². The van der Waals surface area contributed by atoms with Crippen LogP contribution >= 0.6 is 11.6 Å². The number of aryl methyl sites for hydroxylation is 2. The molecule has 0 aliphatic carbocycles. The van der Waals surface area contributed by atoms with E-state index in [2.05, 4.69) is 4.98 Å². The third-order valence-corrected chi connectivity index (χ3v) is 6.04. The summed E-state index contributed by atoms with van der Waals surface area (Å²) in [6, 6.07) is 7.95. The minimum absolute atomic E-state index is 0.0645. The molecule has 0 bridgehead atoms. The summed E-state index contributed by atoms with van der Waals surface area (Å²) in [5.74, 6) is 0.224. The number of carbonyl (C=O) groups excluding carboxylic acids is 2. The Hall–Kier alpha value is -3.73. The second kappa shape index (κ2) is 12.2. The Kier molecular flexibility index (Phi) is 9.40. The molecule has 0 aliphatic heterocycles. The van der Waals surface area contributed by atoms with Crippen molar-refractivity contribution >= 4 is 34.8 Å². The summed E-state index contributed by atoms with van der Waals surface area (Å²) in [5, 5.41) is 0.905. The van der Waals surface area contributed by atoms with Crippen LogP contribution in [0.5, 0.6) is 5.75 Å². The molecule has 0 spiro atoms. The lowest BCUT2D eigenvalue weighted by Crippen LogP contribution is -2.36. The number of benzene rings is 2. The quantitative estimate of drug-likeness (QED) is 0.210. The number of aromatic nitrogens is 1. The van der Waals surface area contributed by atoms with Gasteiger partial charge in [0.1, 0.15) is 18.0 Å². The largest absolute Gasteiger partial charge is 0.511 e. The zero-order valence-corrected chi connectivity index (χ0v) is 23.7.